The third-order valence-corrected chi connectivity index (χ3v) is 2.84. The summed E-state index contributed by atoms with van der Waals surface area (Å²) in [5, 5.41) is 8.76. The largest absolute Gasteiger partial charge is 0.481 e. The van der Waals surface area contributed by atoms with Crippen molar-refractivity contribution in [2.24, 2.45) is 5.92 Å². The first kappa shape index (κ1) is 5.97. The van der Waals surface area contributed by atoms with Crippen molar-refractivity contribution in [2.75, 3.05) is 0 Å². The molecule has 1 N–H and O–H groups in total. The van der Waals surface area contributed by atoms with E-state index in [-0.39, 0.29) is 0 Å². The molecule has 0 aromatic carbocycles. The Morgan fingerprint density at radius 3 is 2.82 bits per heavy atom. The van der Waals surface area contributed by atoms with Crippen LogP contribution in [-0.4, -0.2) is 22.7 Å². The van der Waals surface area contributed by atoms with Crippen LogP contribution in [0.1, 0.15) is 19.3 Å². The topological polar surface area (TPSA) is 62.4 Å². The van der Waals surface area contributed by atoms with E-state index < -0.39 is 23.5 Å². The molecule has 1 unspecified atom stereocenters. The van der Waals surface area contributed by atoms with Crippen molar-refractivity contribution in [1.82, 2.24) is 0 Å². The van der Waals surface area contributed by atoms with Gasteiger partial charge in [0.15, 0.2) is 0 Å². The van der Waals surface area contributed by atoms with Crippen LogP contribution >= 0.6 is 0 Å². The summed E-state index contributed by atoms with van der Waals surface area (Å²) in [5.74, 6) is -2.31. The summed E-state index contributed by atoms with van der Waals surface area (Å²) in [6, 6.07) is 0. The van der Waals surface area contributed by atoms with Crippen molar-refractivity contribution < 1.29 is 19.4 Å². The van der Waals surface area contributed by atoms with Gasteiger partial charge in [0.2, 0.25) is 11.6 Å². The Bertz CT molecular complexity index is 241. The summed E-state index contributed by atoms with van der Waals surface area (Å²) in [6.07, 6.45) is 2.46. The van der Waals surface area contributed by atoms with Crippen molar-refractivity contribution in [3.05, 3.63) is 0 Å². The van der Waals surface area contributed by atoms with Gasteiger partial charge in [-0.05, 0) is 12.8 Å². The highest BCUT2D eigenvalue weighted by Crippen LogP contribution is 2.76. The summed E-state index contributed by atoms with van der Waals surface area (Å²) in [7, 11) is 0. The van der Waals surface area contributed by atoms with Gasteiger partial charge in [-0.25, -0.2) is 0 Å². The molecular weight excluding hydrogens is 148 g/mol. The Morgan fingerprint density at radius 2 is 2.27 bits per heavy atom. The summed E-state index contributed by atoms with van der Waals surface area (Å²) >= 11 is 0. The molecular formula is C7H8O4. The first-order valence-corrected chi connectivity index (χ1v) is 3.83. The fourth-order valence-corrected chi connectivity index (χ4v) is 2.15. The van der Waals surface area contributed by atoms with Gasteiger partial charge >= 0.3 is 5.97 Å². The fraction of sp³-hybridized carbons (Fsp3) is 0.857. The number of ether oxygens (including phenoxy) is 2. The highest BCUT2D eigenvalue weighted by atomic mass is 17.0. The average Bonchev–Trinajstić information content (AvgIpc) is 2.67. The Kier molecular flexibility index (Phi) is 0.715. The highest BCUT2D eigenvalue weighted by molar-refractivity contribution is 5.73. The van der Waals surface area contributed by atoms with Gasteiger partial charge in [-0.1, -0.05) is 0 Å². The zero-order valence-corrected chi connectivity index (χ0v) is 5.87. The predicted octanol–water partition coefficient (Wildman–Crippen LogP) is 0.324. The molecule has 0 amide bonds. The third kappa shape index (κ3) is 0.460. The van der Waals surface area contributed by atoms with Crippen LogP contribution in [0, 0.1) is 5.92 Å². The fourth-order valence-electron chi connectivity index (χ4n) is 2.15. The molecule has 1 atom stereocenters. The van der Waals surface area contributed by atoms with E-state index in [1.54, 1.807) is 0 Å². The number of rotatable bonds is 1. The van der Waals surface area contributed by atoms with Gasteiger partial charge in [0, 0.05) is 6.42 Å². The molecule has 3 aliphatic rings. The zero-order valence-electron chi connectivity index (χ0n) is 5.87. The minimum atomic E-state index is -0.788. The number of hydrogen-bond donors (Lipinski definition) is 1. The first-order chi connectivity index (χ1) is 5.20. The van der Waals surface area contributed by atoms with Gasteiger partial charge in [-0.2, -0.15) is 0 Å². The van der Waals surface area contributed by atoms with Crippen LogP contribution in [0.15, 0.2) is 0 Å². The standard InChI is InChI=1S/C7H8O4/c8-5(9)4-2-1-3-6-7(4,10-6)11-6/h4H,1-3H2,(H,8,9). The van der Waals surface area contributed by atoms with E-state index in [1.165, 1.54) is 0 Å². The lowest BCUT2D eigenvalue weighted by molar-refractivity contribution is -0.155. The van der Waals surface area contributed by atoms with Crippen LogP contribution in [0.2, 0.25) is 0 Å². The zero-order chi connectivity index (χ0) is 7.69. The van der Waals surface area contributed by atoms with E-state index in [1.807, 2.05) is 0 Å². The minimum Gasteiger partial charge on any atom is -0.481 e. The van der Waals surface area contributed by atoms with Gasteiger partial charge in [0.25, 0.3) is 0 Å². The number of carbonyl (C=O) groups is 1. The maximum atomic E-state index is 10.7. The van der Waals surface area contributed by atoms with Gasteiger partial charge in [0.05, 0.1) is 0 Å². The SMILES string of the molecule is O=C(O)C1CCCC23OC12O3. The van der Waals surface area contributed by atoms with Crippen LogP contribution < -0.4 is 0 Å². The molecule has 3 rings (SSSR count). The van der Waals surface area contributed by atoms with Crippen molar-refractivity contribution in [3.63, 3.8) is 0 Å². The predicted molar refractivity (Wildman–Crippen MR) is 32.6 cm³/mol. The van der Waals surface area contributed by atoms with E-state index in [4.69, 9.17) is 14.6 Å². The molecule has 1 saturated carbocycles. The van der Waals surface area contributed by atoms with Crippen molar-refractivity contribution in [3.8, 4) is 0 Å². The van der Waals surface area contributed by atoms with E-state index in [0.717, 1.165) is 12.8 Å². The van der Waals surface area contributed by atoms with Crippen molar-refractivity contribution in [1.29, 1.82) is 0 Å². The first-order valence-electron chi connectivity index (χ1n) is 3.83. The maximum Gasteiger partial charge on any atom is 0.312 e. The lowest BCUT2D eigenvalue weighted by Crippen LogP contribution is -2.26. The Balaban J connectivity index is 1.91. The van der Waals surface area contributed by atoms with E-state index in [0.29, 0.717) is 6.42 Å². The van der Waals surface area contributed by atoms with Gasteiger partial charge < -0.3 is 14.6 Å². The molecule has 0 aromatic heterocycles. The summed E-state index contributed by atoms with van der Waals surface area (Å²) in [4.78, 5) is 10.7. The van der Waals surface area contributed by atoms with Crippen molar-refractivity contribution >= 4 is 5.97 Å². The molecule has 4 heteroatoms. The number of carboxylic acids is 1. The Morgan fingerprint density at radius 1 is 1.55 bits per heavy atom. The summed E-state index contributed by atoms with van der Waals surface area (Å²) in [5.41, 5.74) is 0. The van der Waals surface area contributed by atoms with Gasteiger partial charge in [0.1, 0.15) is 5.92 Å². The second-order valence-electron chi connectivity index (χ2n) is 3.41. The normalized spacial score (nSPS) is 57.6. The van der Waals surface area contributed by atoms with E-state index >= 15 is 0 Å². The van der Waals surface area contributed by atoms with Crippen LogP contribution in [-0.2, 0) is 14.3 Å². The van der Waals surface area contributed by atoms with Crippen molar-refractivity contribution in [2.45, 2.75) is 30.8 Å². The molecule has 0 aromatic rings. The molecule has 1 aliphatic carbocycles. The lowest BCUT2D eigenvalue weighted by atomic mass is 9.89. The Hall–Kier alpha value is -0.610. The molecule has 0 radical (unpaired) electrons. The molecule has 2 saturated heterocycles. The Labute approximate surface area is 63.1 Å². The second kappa shape index (κ2) is 1.32. The van der Waals surface area contributed by atoms with E-state index in [9.17, 15) is 4.79 Å². The summed E-state index contributed by atoms with van der Waals surface area (Å²) < 4.78 is 10.4. The molecule has 2 heterocycles. The number of carboxylic acid groups (broad SMARTS) is 1. The number of hydrogen-bond acceptors (Lipinski definition) is 3. The molecule has 60 valence electrons. The second-order valence-corrected chi connectivity index (χ2v) is 3.41. The molecule has 11 heavy (non-hydrogen) atoms. The molecule has 0 bridgehead atoms. The molecule has 3 fully saturated rings. The monoisotopic (exact) mass is 156 g/mol. The van der Waals surface area contributed by atoms with Crippen LogP contribution in [0.4, 0.5) is 0 Å². The lowest BCUT2D eigenvalue weighted by Gasteiger charge is -2.09. The van der Waals surface area contributed by atoms with Gasteiger partial charge in [-0.3, -0.25) is 4.79 Å². The third-order valence-electron chi connectivity index (χ3n) is 2.84. The van der Waals surface area contributed by atoms with E-state index in [2.05, 4.69) is 0 Å². The van der Waals surface area contributed by atoms with Crippen LogP contribution in [0.25, 0.3) is 0 Å². The quantitative estimate of drug-likeness (QED) is 0.555. The van der Waals surface area contributed by atoms with Crippen LogP contribution in [0.3, 0.4) is 0 Å². The van der Waals surface area contributed by atoms with Gasteiger partial charge in [-0.15, -0.1) is 0 Å². The molecule has 2 aliphatic heterocycles. The van der Waals surface area contributed by atoms with Crippen LogP contribution in [0.5, 0.6) is 0 Å². The highest BCUT2D eigenvalue weighted by Gasteiger charge is 2.95. The average molecular weight is 156 g/mol. The minimum absolute atomic E-state index is 0.420. The molecule has 4 nitrogen and oxygen atoms in total. The number of aliphatic carboxylic acids is 1. The number of epoxide rings is 2. The maximum absolute atomic E-state index is 10.7. The smallest absolute Gasteiger partial charge is 0.312 e. The summed E-state index contributed by atoms with van der Waals surface area (Å²) in [6.45, 7) is 0. The molecule has 0 spiro atoms.